The number of carbonyl (C=O) groups is 1. The van der Waals surface area contributed by atoms with Crippen LogP contribution in [0, 0.1) is 0 Å². The van der Waals surface area contributed by atoms with E-state index in [1.807, 2.05) is 38.1 Å². The number of hydrogen-bond acceptors (Lipinski definition) is 3. The first-order chi connectivity index (χ1) is 8.38. The van der Waals surface area contributed by atoms with Crippen molar-refractivity contribution in [1.82, 2.24) is 0 Å². The molecule has 0 N–H and O–H groups in total. The number of ether oxygens (including phenoxy) is 1. The Labute approximate surface area is 109 Å². The average Bonchev–Trinajstić information content (AvgIpc) is 2.52. The fourth-order valence-electron chi connectivity index (χ4n) is 2.44. The Morgan fingerprint density at radius 3 is 2.28 bits per heavy atom. The van der Waals surface area contributed by atoms with E-state index in [9.17, 15) is 4.79 Å². The number of Topliss-reactive ketones (excluding diaryl/α,β-unsaturated/α-hetero) is 1. The first-order valence-corrected chi connectivity index (χ1v) is 6.44. The lowest BCUT2D eigenvalue weighted by Crippen LogP contribution is -2.38. The second-order valence-corrected chi connectivity index (χ2v) is 5.77. The third kappa shape index (κ3) is 2.66. The molecule has 0 amide bonds. The highest BCUT2D eigenvalue weighted by Crippen LogP contribution is 2.32. The molecule has 0 saturated carbocycles. The second-order valence-electron chi connectivity index (χ2n) is 5.77. The zero-order chi connectivity index (χ0) is 13.3. The molecular weight excluding hydrogens is 226 g/mol. The van der Waals surface area contributed by atoms with Crippen molar-refractivity contribution in [1.29, 1.82) is 0 Å². The Morgan fingerprint density at radius 1 is 1.22 bits per heavy atom. The predicted octanol–water partition coefficient (Wildman–Crippen LogP) is 3.03. The van der Waals surface area contributed by atoms with Crippen molar-refractivity contribution in [2.75, 3.05) is 11.4 Å². The Kier molecular flexibility index (Phi) is 3.33. The highest BCUT2D eigenvalue weighted by molar-refractivity contribution is 5.89. The molecule has 3 nitrogen and oxygen atoms in total. The number of rotatable bonds is 3. The third-order valence-electron chi connectivity index (χ3n) is 3.22. The highest BCUT2D eigenvalue weighted by atomic mass is 16.5. The van der Waals surface area contributed by atoms with Crippen molar-refractivity contribution in [3.63, 3.8) is 0 Å². The number of carbonyl (C=O) groups excluding carboxylic acids is 1. The lowest BCUT2D eigenvalue weighted by atomic mass is 10.0. The Hall–Kier alpha value is -1.51. The van der Waals surface area contributed by atoms with Crippen LogP contribution in [0.2, 0.25) is 0 Å². The van der Waals surface area contributed by atoms with Gasteiger partial charge in [0.05, 0.1) is 12.6 Å². The minimum absolute atomic E-state index is 0.0858. The van der Waals surface area contributed by atoms with Gasteiger partial charge in [0.25, 0.3) is 0 Å². The maximum absolute atomic E-state index is 11.6. The summed E-state index contributed by atoms with van der Waals surface area (Å²) < 4.78 is 5.62. The summed E-state index contributed by atoms with van der Waals surface area (Å²) in [5.41, 5.74) is 0.999. The molecule has 98 valence electrons. The van der Waals surface area contributed by atoms with Crippen molar-refractivity contribution >= 4 is 11.5 Å². The molecule has 1 aliphatic heterocycles. The van der Waals surface area contributed by atoms with Crippen molar-refractivity contribution in [2.45, 2.75) is 45.8 Å². The van der Waals surface area contributed by atoms with Crippen LogP contribution in [0.15, 0.2) is 24.3 Å². The van der Waals surface area contributed by atoms with Crippen LogP contribution in [0.4, 0.5) is 5.69 Å². The number of anilines is 1. The van der Waals surface area contributed by atoms with Crippen LogP contribution in [-0.2, 0) is 4.79 Å². The maximum Gasteiger partial charge on any atom is 0.154 e. The third-order valence-corrected chi connectivity index (χ3v) is 3.22. The molecule has 18 heavy (non-hydrogen) atoms. The van der Waals surface area contributed by atoms with Gasteiger partial charge in [-0.25, -0.2) is 0 Å². The molecule has 1 aromatic carbocycles. The number of hydrogen-bond donors (Lipinski definition) is 0. The Balaban J connectivity index is 2.17. The molecule has 0 unspecified atom stereocenters. The van der Waals surface area contributed by atoms with Crippen LogP contribution in [0.25, 0.3) is 0 Å². The first kappa shape index (κ1) is 12.9. The van der Waals surface area contributed by atoms with E-state index in [0.29, 0.717) is 18.7 Å². The molecule has 1 aromatic rings. The van der Waals surface area contributed by atoms with Crippen molar-refractivity contribution in [3.05, 3.63) is 24.3 Å². The molecule has 2 rings (SSSR count). The summed E-state index contributed by atoms with van der Waals surface area (Å²) in [7, 11) is 0. The SMILES string of the molecule is CC(C)Oc1ccc(N2CC(=O)CC2(C)C)cc1. The standard InChI is InChI=1S/C15H21NO2/c1-11(2)18-14-7-5-12(6-8-14)16-10-13(17)9-15(16,3)4/h5-8,11H,9-10H2,1-4H3. The summed E-state index contributed by atoms with van der Waals surface area (Å²) in [6.07, 6.45) is 0.803. The van der Waals surface area contributed by atoms with E-state index in [2.05, 4.69) is 18.7 Å². The quantitative estimate of drug-likeness (QED) is 0.822. The minimum Gasteiger partial charge on any atom is -0.491 e. The molecule has 0 spiro atoms. The smallest absolute Gasteiger partial charge is 0.154 e. The van der Waals surface area contributed by atoms with Crippen LogP contribution in [0.5, 0.6) is 5.75 Å². The van der Waals surface area contributed by atoms with Gasteiger partial charge in [-0.2, -0.15) is 0 Å². The monoisotopic (exact) mass is 247 g/mol. The number of benzene rings is 1. The van der Waals surface area contributed by atoms with Gasteiger partial charge in [-0.05, 0) is 52.0 Å². The van der Waals surface area contributed by atoms with Gasteiger partial charge >= 0.3 is 0 Å². The van der Waals surface area contributed by atoms with Gasteiger partial charge in [0.2, 0.25) is 0 Å². The molecular formula is C15H21NO2. The first-order valence-electron chi connectivity index (χ1n) is 6.44. The zero-order valence-electron chi connectivity index (χ0n) is 11.6. The van der Waals surface area contributed by atoms with Crippen LogP contribution in [-0.4, -0.2) is 24.0 Å². The van der Waals surface area contributed by atoms with E-state index < -0.39 is 0 Å². The normalized spacial score (nSPS) is 18.5. The topological polar surface area (TPSA) is 29.5 Å². The Bertz CT molecular complexity index is 434. The van der Waals surface area contributed by atoms with E-state index in [0.717, 1.165) is 11.4 Å². The molecule has 1 heterocycles. The summed E-state index contributed by atoms with van der Waals surface area (Å²) >= 11 is 0. The predicted molar refractivity (Wildman–Crippen MR) is 73.3 cm³/mol. The van der Waals surface area contributed by atoms with E-state index >= 15 is 0 Å². The fourth-order valence-corrected chi connectivity index (χ4v) is 2.44. The molecule has 1 saturated heterocycles. The molecule has 0 bridgehead atoms. The van der Waals surface area contributed by atoms with Gasteiger partial charge in [0.1, 0.15) is 5.75 Å². The van der Waals surface area contributed by atoms with Crippen molar-refractivity contribution < 1.29 is 9.53 Å². The molecule has 1 aliphatic rings. The van der Waals surface area contributed by atoms with Crippen LogP contribution < -0.4 is 9.64 Å². The van der Waals surface area contributed by atoms with Gasteiger partial charge in [-0.3, -0.25) is 4.79 Å². The van der Waals surface area contributed by atoms with Crippen molar-refractivity contribution in [3.8, 4) is 5.75 Å². The van der Waals surface area contributed by atoms with Gasteiger partial charge in [-0.1, -0.05) is 0 Å². The maximum atomic E-state index is 11.6. The van der Waals surface area contributed by atoms with E-state index in [1.165, 1.54) is 0 Å². The molecule has 1 fully saturated rings. The largest absolute Gasteiger partial charge is 0.491 e. The summed E-state index contributed by atoms with van der Waals surface area (Å²) in [6.45, 7) is 8.75. The molecule has 0 atom stereocenters. The molecule has 3 heteroatoms. The van der Waals surface area contributed by atoms with Crippen LogP contribution >= 0.6 is 0 Å². The minimum atomic E-state index is -0.0858. The molecule has 0 aliphatic carbocycles. The molecule has 0 radical (unpaired) electrons. The summed E-state index contributed by atoms with van der Waals surface area (Å²) in [5.74, 6) is 1.18. The van der Waals surface area contributed by atoms with Gasteiger partial charge < -0.3 is 9.64 Å². The van der Waals surface area contributed by atoms with Crippen molar-refractivity contribution in [2.24, 2.45) is 0 Å². The second kappa shape index (κ2) is 4.63. The van der Waals surface area contributed by atoms with E-state index in [4.69, 9.17) is 4.74 Å². The average molecular weight is 247 g/mol. The lowest BCUT2D eigenvalue weighted by Gasteiger charge is -2.32. The van der Waals surface area contributed by atoms with Crippen LogP contribution in [0.3, 0.4) is 0 Å². The van der Waals surface area contributed by atoms with Gasteiger partial charge in [0, 0.05) is 17.6 Å². The summed E-state index contributed by atoms with van der Waals surface area (Å²) in [5, 5.41) is 0. The van der Waals surface area contributed by atoms with E-state index in [1.54, 1.807) is 0 Å². The number of ketones is 1. The lowest BCUT2D eigenvalue weighted by molar-refractivity contribution is -0.116. The zero-order valence-corrected chi connectivity index (χ0v) is 11.6. The molecule has 0 aromatic heterocycles. The highest BCUT2D eigenvalue weighted by Gasteiger charge is 2.37. The Morgan fingerprint density at radius 2 is 1.83 bits per heavy atom. The summed E-state index contributed by atoms with van der Waals surface area (Å²) in [6, 6.07) is 7.98. The van der Waals surface area contributed by atoms with Gasteiger partial charge in [0.15, 0.2) is 5.78 Å². The fraction of sp³-hybridized carbons (Fsp3) is 0.533. The van der Waals surface area contributed by atoms with Crippen LogP contribution in [0.1, 0.15) is 34.1 Å². The van der Waals surface area contributed by atoms with Gasteiger partial charge in [-0.15, -0.1) is 0 Å². The summed E-state index contributed by atoms with van der Waals surface area (Å²) in [4.78, 5) is 13.7. The number of nitrogens with zero attached hydrogens (tertiary/aromatic N) is 1. The van der Waals surface area contributed by atoms with E-state index in [-0.39, 0.29) is 11.6 Å².